The molecule has 5 rings (SSSR count). The van der Waals surface area contributed by atoms with Crippen molar-refractivity contribution in [1.82, 2.24) is 14.9 Å². The van der Waals surface area contributed by atoms with Crippen molar-refractivity contribution >= 4 is 5.91 Å². The fourth-order valence-corrected chi connectivity index (χ4v) is 4.56. The smallest absolute Gasteiger partial charge is 0.253 e. The monoisotopic (exact) mass is 417 g/mol. The Kier molecular flexibility index (Phi) is 4.97. The van der Waals surface area contributed by atoms with Crippen LogP contribution in [0.25, 0.3) is 11.3 Å². The standard InChI is InChI=1S/C22H25F2N3O3/c23-22(24)10-17(11-22)30-16-4-2-15(3-5-16)26-21(28)14-1-6-20-18(9-14)19-12-25-13-27(19)7-8-29-20/h1,6,9,12-13,15-17H,2-5,7-8,10-11H2,(H,26,28). The molecule has 1 aliphatic heterocycles. The van der Waals surface area contributed by atoms with E-state index in [1.54, 1.807) is 18.6 Å². The Balaban J connectivity index is 1.18. The average Bonchev–Trinajstić information content (AvgIpc) is 3.09. The Morgan fingerprint density at radius 2 is 2.00 bits per heavy atom. The molecule has 2 aromatic rings. The van der Waals surface area contributed by atoms with Gasteiger partial charge in [0, 0.05) is 30.0 Å². The van der Waals surface area contributed by atoms with Crippen LogP contribution in [0.15, 0.2) is 30.7 Å². The Morgan fingerprint density at radius 3 is 2.77 bits per heavy atom. The molecule has 1 amide bonds. The second-order valence-corrected chi connectivity index (χ2v) is 8.50. The highest BCUT2D eigenvalue weighted by Gasteiger charge is 2.47. The Hall–Kier alpha value is -2.48. The molecule has 160 valence electrons. The minimum atomic E-state index is -2.55. The topological polar surface area (TPSA) is 65.4 Å². The number of ether oxygens (including phenoxy) is 2. The van der Waals surface area contributed by atoms with Crippen LogP contribution in [0.4, 0.5) is 8.78 Å². The number of alkyl halides is 2. The number of hydrogen-bond acceptors (Lipinski definition) is 4. The summed E-state index contributed by atoms with van der Waals surface area (Å²) in [6.07, 6.45) is 6.08. The maximum Gasteiger partial charge on any atom is 0.253 e. The van der Waals surface area contributed by atoms with E-state index >= 15 is 0 Å². The molecule has 1 aromatic heterocycles. The van der Waals surface area contributed by atoms with Gasteiger partial charge in [0.05, 0.1) is 37.0 Å². The molecule has 2 fully saturated rings. The van der Waals surface area contributed by atoms with E-state index < -0.39 is 5.92 Å². The first-order chi connectivity index (χ1) is 14.5. The number of benzene rings is 1. The van der Waals surface area contributed by atoms with Crippen LogP contribution in [0.1, 0.15) is 48.9 Å². The van der Waals surface area contributed by atoms with Crippen molar-refractivity contribution in [3.8, 4) is 17.0 Å². The number of hydrogen-bond donors (Lipinski definition) is 1. The number of aromatic nitrogens is 2. The molecular weight excluding hydrogens is 392 g/mol. The molecule has 3 aliphatic rings. The number of imidazole rings is 1. The Morgan fingerprint density at radius 1 is 1.20 bits per heavy atom. The molecular formula is C22H25F2N3O3. The molecule has 6 nitrogen and oxygen atoms in total. The molecule has 0 saturated heterocycles. The van der Waals surface area contributed by atoms with Crippen LogP contribution in [0, 0.1) is 0 Å². The number of amides is 1. The molecule has 0 unspecified atom stereocenters. The molecule has 0 spiro atoms. The van der Waals surface area contributed by atoms with Crippen LogP contribution in [0.5, 0.6) is 5.75 Å². The van der Waals surface area contributed by atoms with Crippen molar-refractivity contribution in [3.05, 3.63) is 36.3 Å². The Labute approximate surface area is 173 Å². The van der Waals surface area contributed by atoms with E-state index in [1.807, 2.05) is 16.7 Å². The van der Waals surface area contributed by atoms with Crippen molar-refractivity contribution < 1.29 is 23.0 Å². The molecule has 0 bridgehead atoms. The Bertz CT molecular complexity index is 929. The van der Waals surface area contributed by atoms with Gasteiger partial charge in [0.2, 0.25) is 0 Å². The molecule has 1 aromatic carbocycles. The van der Waals surface area contributed by atoms with Gasteiger partial charge >= 0.3 is 0 Å². The lowest BCUT2D eigenvalue weighted by Gasteiger charge is -2.39. The number of rotatable bonds is 4. The van der Waals surface area contributed by atoms with Gasteiger partial charge in [-0.3, -0.25) is 4.79 Å². The summed E-state index contributed by atoms with van der Waals surface area (Å²) in [5.74, 6) is -1.91. The summed E-state index contributed by atoms with van der Waals surface area (Å²) in [4.78, 5) is 17.0. The largest absolute Gasteiger partial charge is 0.491 e. The molecule has 0 atom stereocenters. The number of carbonyl (C=O) groups is 1. The number of halogens is 2. The normalized spacial score (nSPS) is 25.3. The second-order valence-electron chi connectivity index (χ2n) is 8.50. The predicted octanol–water partition coefficient (Wildman–Crippen LogP) is 3.80. The van der Waals surface area contributed by atoms with Crippen LogP contribution in [-0.4, -0.2) is 46.2 Å². The summed E-state index contributed by atoms with van der Waals surface area (Å²) in [5, 5.41) is 3.11. The van der Waals surface area contributed by atoms with Gasteiger partial charge in [0.15, 0.2) is 0 Å². The highest BCUT2D eigenvalue weighted by Crippen LogP contribution is 2.41. The first-order valence-electron chi connectivity index (χ1n) is 10.6. The summed E-state index contributed by atoms with van der Waals surface area (Å²) in [6.45, 7) is 1.28. The molecule has 2 aliphatic carbocycles. The van der Waals surface area contributed by atoms with E-state index in [1.165, 1.54) is 0 Å². The molecule has 2 saturated carbocycles. The van der Waals surface area contributed by atoms with Crippen LogP contribution in [0.2, 0.25) is 0 Å². The van der Waals surface area contributed by atoms with Gasteiger partial charge < -0.3 is 19.4 Å². The van der Waals surface area contributed by atoms with Crippen molar-refractivity contribution in [2.45, 2.75) is 69.2 Å². The number of fused-ring (bicyclic) bond motifs is 3. The van der Waals surface area contributed by atoms with E-state index in [9.17, 15) is 13.6 Å². The van der Waals surface area contributed by atoms with E-state index in [4.69, 9.17) is 9.47 Å². The fourth-order valence-electron chi connectivity index (χ4n) is 4.56. The zero-order chi connectivity index (χ0) is 20.7. The van der Waals surface area contributed by atoms with Gasteiger partial charge in [-0.1, -0.05) is 0 Å². The fraction of sp³-hybridized carbons (Fsp3) is 0.545. The SMILES string of the molecule is O=C(NC1CCC(OC2CC(F)(F)C2)CC1)c1ccc2c(c1)-c1cncn1CCO2. The van der Waals surface area contributed by atoms with Gasteiger partial charge in [-0.05, 0) is 43.9 Å². The quantitative estimate of drug-likeness (QED) is 0.822. The van der Waals surface area contributed by atoms with Gasteiger partial charge in [0.25, 0.3) is 11.8 Å². The molecule has 1 N–H and O–H groups in total. The minimum absolute atomic E-state index is 0.0178. The van der Waals surface area contributed by atoms with E-state index in [2.05, 4.69) is 10.3 Å². The van der Waals surface area contributed by atoms with Crippen molar-refractivity contribution in [3.63, 3.8) is 0 Å². The summed E-state index contributed by atoms with van der Waals surface area (Å²) >= 11 is 0. The predicted molar refractivity (Wildman–Crippen MR) is 106 cm³/mol. The van der Waals surface area contributed by atoms with E-state index in [0.717, 1.165) is 49.2 Å². The van der Waals surface area contributed by atoms with Crippen LogP contribution in [-0.2, 0) is 11.3 Å². The first-order valence-corrected chi connectivity index (χ1v) is 10.6. The highest BCUT2D eigenvalue weighted by atomic mass is 19.3. The minimum Gasteiger partial charge on any atom is -0.491 e. The average molecular weight is 417 g/mol. The molecule has 0 radical (unpaired) electrons. The lowest BCUT2D eigenvalue weighted by Crippen LogP contribution is -2.45. The third-order valence-corrected chi connectivity index (χ3v) is 6.27. The van der Waals surface area contributed by atoms with Crippen molar-refractivity contribution in [2.24, 2.45) is 0 Å². The summed E-state index contributed by atoms with van der Waals surface area (Å²) in [7, 11) is 0. The van der Waals surface area contributed by atoms with Gasteiger partial charge in [-0.25, -0.2) is 13.8 Å². The molecule has 8 heteroatoms. The van der Waals surface area contributed by atoms with Gasteiger partial charge in [-0.2, -0.15) is 0 Å². The van der Waals surface area contributed by atoms with Crippen molar-refractivity contribution in [2.75, 3.05) is 6.61 Å². The van der Waals surface area contributed by atoms with E-state index in [0.29, 0.717) is 12.2 Å². The van der Waals surface area contributed by atoms with Crippen LogP contribution < -0.4 is 10.1 Å². The number of nitrogens with one attached hydrogen (secondary N) is 1. The summed E-state index contributed by atoms with van der Waals surface area (Å²) < 4.78 is 39.5. The highest BCUT2D eigenvalue weighted by molar-refractivity contribution is 5.96. The van der Waals surface area contributed by atoms with Gasteiger partial charge in [0.1, 0.15) is 12.4 Å². The lowest BCUT2D eigenvalue weighted by atomic mass is 9.88. The maximum atomic E-state index is 13.0. The molecule has 30 heavy (non-hydrogen) atoms. The van der Waals surface area contributed by atoms with Crippen LogP contribution >= 0.6 is 0 Å². The summed E-state index contributed by atoms with van der Waals surface area (Å²) in [5.41, 5.74) is 2.39. The van der Waals surface area contributed by atoms with Gasteiger partial charge in [-0.15, -0.1) is 0 Å². The summed E-state index contributed by atoms with van der Waals surface area (Å²) in [6, 6.07) is 5.55. The zero-order valence-electron chi connectivity index (χ0n) is 16.7. The lowest BCUT2D eigenvalue weighted by molar-refractivity contribution is -0.185. The van der Waals surface area contributed by atoms with Crippen molar-refractivity contribution in [1.29, 1.82) is 0 Å². The third-order valence-electron chi connectivity index (χ3n) is 6.27. The van der Waals surface area contributed by atoms with Crippen LogP contribution in [0.3, 0.4) is 0 Å². The van der Waals surface area contributed by atoms with E-state index in [-0.39, 0.29) is 37.0 Å². The number of carbonyl (C=O) groups excluding carboxylic acids is 1. The third kappa shape index (κ3) is 3.93. The first kappa shape index (κ1) is 19.5. The molecule has 2 heterocycles. The second kappa shape index (κ2) is 7.65. The number of nitrogens with zero attached hydrogens (tertiary/aromatic N) is 2. The zero-order valence-corrected chi connectivity index (χ0v) is 16.7. The maximum absolute atomic E-state index is 13.0.